The molecule has 0 bridgehead atoms. The van der Waals surface area contributed by atoms with Gasteiger partial charge in [0, 0.05) is 0 Å². The highest BCUT2D eigenvalue weighted by molar-refractivity contribution is 5.26. The average Bonchev–Trinajstić information content (AvgIpc) is 2.65. The number of rotatable bonds is 3. The van der Waals surface area contributed by atoms with E-state index in [-0.39, 0.29) is 6.01 Å². The molecule has 84 valence electrons. The lowest BCUT2D eigenvalue weighted by Crippen LogP contribution is -1.91. The molecule has 2 aromatic rings. The zero-order chi connectivity index (χ0) is 11.5. The van der Waals surface area contributed by atoms with Crippen molar-refractivity contribution in [3.05, 3.63) is 41.3 Å². The van der Waals surface area contributed by atoms with Crippen molar-refractivity contribution in [1.29, 1.82) is 0 Å². The third-order valence-electron chi connectivity index (χ3n) is 2.48. The predicted octanol–water partition coefficient (Wildman–Crippen LogP) is 2.37. The normalized spacial score (nSPS) is 10.9. The van der Waals surface area contributed by atoms with Crippen LogP contribution >= 0.6 is 0 Å². The molecule has 0 saturated heterocycles. The van der Waals surface area contributed by atoms with Crippen LogP contribution in [-0.2, 0) is 6.42 Å². The van der Waals surface area contributed by atoms with E-state index >= 15 is 0 Å². The molecule has 2 rings (SSSR count). The van der Waals surface area contributed by atoms with Gasteiger partial charge in [0.2, 0.25) is 5.89 Å². The molecule has 1 heterocycles. The topological polar surface area (TPSA) is 64.9 Å². The Bertz CT molecular complexity index is 459. The van der Waals surface area contributed by atoms with Crippen molar-refractivity contribution in [1.82, 2.24) is 10.2 Å². The lowest BCUT2D eigenvalue weighted by molar-refractivity contribution is 0.522. The molecule has 0 aliphatic heterocycles. The maximum atomic E-state index is 5.36. The summed E-state index contributed by atoms with van der Waals surface area (Å²) in [5.74, 6) is 1.10. The molecule has 16 heavy (non-hydrogen) atoms. The zero-order valence-electron chi connectivity index (χ0n) is 9.47. The number of benzene rings is 1. The molecule has 1 aromatic heterocycles. The van der Waals surface area contributed by atoms with E-state index in [0.717, 1.165) is 5.56 Å². The summed E-state index contributed by atoms with van der Waals surface area (Å²) in [5.41, 5.74) is 7.83. The largest absolute Gasteiger partial charge is 0.408 e. The maximum Gasteiger partial charge on any atom is 0.312 e. The lowest BCUT2D eigenvalue weighted by Gasteiger charge is -2.05. The maximum absolute atomic E-state index is 5.36. The minimum atomic E-state index is 0.119. The van der Waals surface area contributed by atoms with Gasteiger partial charge < -0.3 is 10.2 Å². The summed E-state index contributed by atoms with van der Waals surface area (Å²) in [6.45, 7) is 4.35. The number of nitrogen functional groups attached to an aromatic ring is 1. The molecular formula is C12H15N3O. The fourth-order valence-corrected chi connectivity index (χ4v) is 1.53. The summed E-state index contributed by atoms with van der Waals surface area (Å²) in [5, 5.41) is 7.45. The molecule has 0 atom stereocenters. The van der Waals surface area contributed by atoms with Crippen molar-refractivity contribution in [3.63, 3.8) is 0 Å². The number of hydrogen-bond acceptors (Lipinski definition) is 4. The lowest BCUT2D eigenvalue weighted by atomic mass is 10.0. The Morgan fingerprint density at radius 2 is 1.88 bits per heavy atom. The Hall–Kier alpha value is -1.84. The second kappa shape index (κ2) is 4.35. The molecule has 0 saturated carbocycles. The van der Waals surface area contributed by atoms with E-state index in [4.69, 9.17) is 10.2 Å². The van der Waals surface area contributed by atoms with Crippen LogP contribution < -0.4 is 5.73 Å². The highest BCUT2D eigenvalue weighted by Crippen LogP contribution is 2.16. The predicted molar refractivity (Wildman–Crippen MR) is 62.0 cm³/mol. The summed E-state index contributed by atoms with van der Waals surface area (Å²) < 4.78 is 5.12. The van der Waals surface area contributed by atoms with Crippen molar-refractivity contribution in [2.75, 3.05) is 5.73 Å². The Balaban J connectivity index is 2.11. The Morgan fingerprint density at radius 1 is 1.19 bits per heavy atom. The van der Waals surface area contributed by atoms with Crippen LogP contribution in [-0.4, -0.2) is 10.2 Å². The van der Waals surface area contributed by atoms with Gasteiger partial charge >= 0.3 is 6.01 Å². The average molecular weight is 217 g/mol. The number of anilines is 1. The van der Waals surface area contributed by atoms with Crippen LogP contribution in [0.1, 0.15) is 36.8 Å². The van der Waals surface area contributed by atoms with Gasteiger partial charge in [-0.3, -0.25) is 0 Å². The molecule has 1 aromatic carbocycles. The van der Waals surface area contributed by atoms with Crippen LogP contribution in [0.2, 0.25) is 0 Å². The van der Waals surface area contributed by atoms with Gasteiger partial charge in [0.05, 0.1) is 6.42 Å². The number of aromatic nitrogens is 2. The van der Waals surface area contributed by atoms with Gasteiger partial charge in [0.25, 0.3) is 0 Å². The van der Waals surface area contributed by atoms with Crippen LogP contribution in [0.25, 0.3) is 0 Å². The number of nitrogens with zero attached hydrogens (tertiary/aromatic N) is 2. The van der Waals surface area contributed by atoms with E-state index in [0.29, 0.717) is 18.2 Å². The van der Waals surface area contributed by atoms with Gasteiger partial charge in [-0.1, -0.05) is 43.2 Å². The summed E-state index contributed by atoms with van der Waals surface area (Å²) >= 11 is 0. The van der Waals surface area contributed by atoms with Crippen LogP contribution in [0.3, 0.4) is 0 Å². The minimum Gasteiger partial charge on any atom is -0.408 e. The van der Waals surface area contributed by atoms with E-state index in [1.165, 1.54) is 5.56 Å². The fourth-order valence-electron chi connectivity index (χ4n) is 1.53. The third-order valence-corrected chi connectivity index (χ3v) is 2.48. The molecule has 0 unspecified atom stereocenters. The van der Waals surface area contributed by atoms with Gasteiger partial charge in [-0.25, -0.2) is 0 Å². The monoisotopic (exact) mass is 217 g/mol. The van der Waals surface area contributed by atoms with Crippen LogP contribution in [0.4, 0.5) is 6.01 Å². The molecule has 0 fully saturated rings. The zero-order valence-corrected chi connectivity index (χ0v) is 9.47. The molecule has 0 amide bonds. The smallest absolute Gasteiger partial charge is 0.312 e. The minimum absolute atomic E-state index is 0.119. The van der Waals surface area contributed by atoms with Gasteiger partial charge in [0.1, 0.15) is 0 Å². The molecule has 0 aliphatic rings. The van der Waals surface area contributed by atoms with Crippen LogP contribution in [0.5, 0.6) is 0 Å². The molecule has 0 aliphatic carbocycles. The fraction of sp³-hybridized carbons (Fsp3) is 0.333. The summed E-state index contributed by atoms with van der Waals surface area (Å²) in [7, 11) is 0. The number of hydrogen-bond donors (Lipinski definition) is 1. The standard InChI is InChI=1S/C12H15N3O/c1-8(2)10-5-3-9(4-6-10)7-11-14-15-12(13)16-11/h3-6,8H,7H2,1-2H3,(H2,13,15). The molecule has 0 radical (unpaired) electrons. The van der Waals surface area contributed by atoms with Gasteiger partial charge in [-0.05, 0) is 17.0 Å². The first-order valence-electron chi connectivity index (χ1n) is 5.32. The first-order valence-corrected chi connectivity index (χ1v) is 5.32. The molecule has 4 heteroatoms. The van der Waals surface area contributed by atoms with Crippen molar-refractivity contribution in [2.24, 2.45) is 0 Å². The molecule has 0 spiro atoms. The molecule has 4 nitrogen and oxygen atoms in total. The summed E-state index contributed by atoms with van der Waals surface area (Å²) in [4.78, 5) is 0. The van der Waals surface area contributed by atoms with E-state index in [1.54, 1.807) is 0 Å². The Labute approximate surface area is 94.5 Å². The Morgan fingerprint density at radius 3 is 2.38 bits per heavy atom. The van der Waals surface area contributed by atoms with E-state index < -0.39 is 0 Å². The third kappa shape index (κ3) is 2.39. The SMILES string of the molecule is CC(C)c1ccc(Cc2nnc(N)o2)cc1. The van der Waals surface area contributed by atoms with E-state index in [2.05, 4.69) is 48.3 Å². The number of nitrogens with two attached hydrogens (primary N) is 1. The van der Waals surface area contributed by atoms with E-state index in [1.807, 2.05) is 0 Å². The molecule has 2 N–H and O–H groups in total. The van der Waals surface area contributed by atoms with E-state index in [9.17, 15) is 0 Å². The summed E-state index contributed by atoms with van der Waals surface area (Å²) in [6.07, 6.45) is 0.628. The van der Waals surface area contributed by atoms with Crippen molar-refractivity contribution < 1.29 is 4.42 Å². The second-order valence-electron chi connectivity index (χ2n) is 4.11. The summed E-state index contributed by atoms with van der Waals surface area (Å²) in [6, 6.07) is 8.53. The van der Waals surface area contributed by atoms with Gasteiger partial charge in [-0.15, -0.1) is 5.10 Å². The highest BCUT2D eigenvalue weighted by Gasteiger charge is 2.05. The quantitative estimate of drug-likeness (QED) is 0.857. The van der Waals surface area contributed by atoms with Gasteiger partial charge in [-0.2, -0.15) is 0 Å². The van der Waals surface area contributed by atoms with Crippen LogP contribution in [0, 0.1) is 0 Å². The first-order chi connectivity index (χ1) is 7.65. The van der Waals surface area contributed by atoms with Gasteiger partial charge in [0.15, 0.2) is 0 Å². The highest BCUT2D eigenvalue weighted by atomic mass is 16.4. The second-order valence-corrected chi connectivity index (χ2v) is 4.11. The Kier molecular flexibility index (Phi) is 2.90. The van der Waals surface area contributed by atoms with Crippen molar-refractivity contribution in [3.8, 4) is 0 Å². The first kappa shape index (κ1) is 10.7. The van der Waals surface area contributed by atoms with Crippen molar-refractivity contribution >= 4 is 6.01 Å². The van der Waals surface area contributed by atoms with Crippen molar-refractivity contribution in [2.45, 2.75) is 26.2 Å². The molecular weight excluding hydrogens is 202 g/mol. The van der Waals surface area contributed by atoms with Crippen LogP contribution in [0.15, 0.2) is 28.7 Å².